The average molecular weight is 329 g/mol. The summed E-state index contributed by atoms with van der Waals surface area (Å²) in [5, 5.41) is 2.62. The summed E-state index contributed by atoms with van der Waals surface area (Å²) < 4.78 is 13.8. The minimum atomic E-state index is -0.457. The van der Waals surface area contributed by atoms with Crippen molar-refractivity contribution in [3.05, 3.63) is 71.8 Å². The van der Waals surface area contributed by atoms with Gasteiger partial charge in [-0.1, -0.05) is 18.2 Å². The fourth-order valence-electron chi connectivity index (χ4n) is 2.01. The molecule has 2 aromatic heterocycles. The molecule has 0 radical (unpaired) electrons. The molecule has 0 spiro atoms. The van der Waals surface area contributed by atoms with Crippen LogP contribution < -0.4 is 5.32 Å². The van der Waals surface area contributed by atoms with Crippen LogP contribution in [0.2, 0.25) is 5.28 Å². The smallest absolute Gasteiger partial charge is 0.274 e. The van der Waals surface area contributed by atoms with Crippen LogP contribution >= 0.6 is 11.6 Å². The summed E-state index contributed by atoms with van der Waals surface area (Å²) in [6, 6.07) is 9.41. The lowest BCUT2D eigenvalue weighted by Crippen LogP contribution is -2.14. The first kappa shape index (κ1) is 15.1. The predicted octanol–water partition coefficient (Wildman–Crippen LogP) is 3.58. The summed E-state index contributed by atoms with van der Waals surface area (Å²) in [7, 11) is 0. The molecule has 3 rings (SSSR count). The van der Waals surface area contributed by atoms with E-state index in [1.165, 1.54) is 30.7 Å². The monoisotopic (exact) mass is 328 g/mol. The molecule has 1 aromatic carbocycles. The van der Waals surface area contributed by atoms with E-state index in [1.54, 1.807) is 24.3 Å². The van der Waals surface area contributed by atoms with E-state index < -0.39 is 5.91 Å². The number of carbonyl (C=O) groups excluding carboxylic acids is 1. The topological polar surface area (TPSA) is 67.8 Å². The summed E-state index contributed by atoms with van der Waals surface area (Å²) in [6.07, 6.45) is 4.37. The van der Waals surface area contributed by atoms with Crippen LogP contribution in [0.3, 0.4) is 0 Å². The molecule has 0 unspecified atom stereocenters. The Balaban J connectivity index is 1.86. The van der Waals surface area contributed by atoms with E-state index in [0.29, 0.717) is 16.8 Å². The van der Waals surface area contributed by atoms with Crippen LogP contribution in [0.25, 0.3) is 11.1 Å². The van der Waals surface area contributed by atoms with Gasteiger partial charge in [-0.05, 0) is 29.8 Å². The van der Waals surface area contributed by atoms with Crippen LogP contribution in [0.15, 0.2) is 55.0 Å². The zero-order valence-corrected chi connectivity index (χ0v) is 12.5. The maximum Gasteiger partial charge on any atom is 0.274 e. The van der Waals surface area contributed by atoms with E-state index in [9.17, 15) is 9.18 Å². The molecule has 0 saturated heterocycles. The van der Waals surface area contributed by atoms with Gasteiger partial charge in [0.05, 0.1) is 11.9 Å². The molecule has 114 valence electrons. The highest BCUT2D eigenvalue weighted by Gasteiger charge is 2.10. The van der Waals surface area contributed by atoms with E-state index in [0.717, 1.165) is 0 Å². The second-order valence-corrected chi connectivity index (χ2v) is 4.95. The molecule has 0 bridgehead atoms. The van der Waals surface area contributed by atoms with Crippen molar-refractivity contribution in [2.24, 2.45) is 0 Å². The molecule has 0 saturated carbocycles. The Morgan fingerprint density at radius 1 is 1.17 bits per heavy atom. The minimum absolute atomic E-state index is 0.0177. The van der Waals surface area contributed by atoms with Crippen LogP contribution in [0.1, 0.15) is 10.5 Å². The number of amides is 1. The number of hydrogen-bond donors (Lipinski definition) is 1. The molecule has 0 aliphatic heterocycles. The highest BCUT2D eigenvalue weighted by molar-refractivity contribution is 6.28. The highest BCUT2D eigenvalue weighted by atomic mass is 35.5. The van der Waals surface area contributed by atoms with Crippen LogP contribution in [0, 0.1) is 5.82 Å². The fraction of sp³-hybridized carbons (Fsp3) is 0. The predicted molar refractivity (Wildman–Crippen MR) is 84.6 cm³/mol. The van der Waals surface area contributed by atoms with Crippen LogP contribution in [-0.2, 0) is 0 Å². The van der Waals surface area contributed by atoms with Gasteiger partial charge >= 0.3 is 0 Å². The Kier molecular flexibility index (Phi) is 4.25. The lowest BCUT2D eigenvalue weighted by atomic mass is 10.1. The first-order chi connectivity index (χ1) is 11.1. The number of anilines is 1. The molecule has 0 fully saturated rings. The van der Waals surface area contributed by atoms with Gasteiger partial charge in [-0.2, -0.15) is 0 Å². The number of rotatable bonds is 3. The molecule has 2 heterocycles. The second kappa shape index (κ2) is 6.50. The maximum atomic E-state index is 13.8. The van der Waals surface area contributed by atoms with Gasteiger partial charge in [0.2, 0.25) is 5.28 Å². The van der Waals surface area contributed by atoms with Crippen molar-refractivity contribution in [3.63, 3.8) is 0 Å². The SMILES string of the molecule is O=C(Nc1cncc(-c2ccccc2F)c1)c1ccnc(Cl)n1. The summed E-state index contributed by atoms with van der Waals surface area (Å²) in [6.45, 7) is 0. The van der Waals surface area contributed by atoms with Crippen molar-refractivity contribution in [2.45, 2.75) is 0 Å². The molecule has 23 heavy (non-hydrogen) atoms. The zero-order valence-electron chi connectivity index (χ0n) is 11.7. The average Bonchev–Trinajstić information content (AvgIpc) is 2.55. The third-order valence-electron chi connectivity index (χ3n) is 3.04. The van der Waals surface area contributed by atoms with Crippen LogP contribution in [-0.4, -0.2) is 20.9 Å². The molecule has 0 aliphatic rings. The van der Waals surface area contributed by atoms with Crippen molar-refractivity contribution in [1.29, 1.82) is 0 Å². The van der Waals surface area contributed by atoms with Gasteiger partial charge in [0.25, 0.3) is 5.91 Å². The third kappa shape index (κ3) is 3.49. The Labute approximate surface area is 136 Å². The van der Waals surface area contributed by atoms with Gasteiger partial charge in [0, 0.05) is 23.5 Å². The van der Waals surface area contributed by atoms with E-state index in [1.807, 2.05) is 0 Å². The number of nitrogens with one attached hydrogen (secondary N) is 1. The van der Waals surface area contributed by atoms with Crippen LogP contribution in [0.4, 0.5) is 10.1 Å². The fourth-order valence-corrected chi connectivity index (χ4v) is 2.15. The second-order valence-electron chi connectivity index (χ2n) is 4.61. The van der Waals surface area contributed by atoms with Crippen molar-refractivity contribution in [1.82, 2.24) is 15.0 Å². The minimum Gasteiger partial charge on any atom is -0.319 e. The number of hydrogen-bond acceptors (Lipinski definition) is 4. The Bertz CT molecular complexity index is 872. The molecule has 3 aromatic rings. The number of nitrogens with zero attached hydrogens (tertiary/aromatic N) is 3. The van der Waals surface area contributed by atoms with Gasteiger partial charge < -0.3 is 5.32 Å². The van der Waals surface area contributed by atoms with Gasteiger partial charge in [-0.15, -0.1) is 0 Å². The van der Waals surface area contributed by atoms with E-state index in [4.69, 9.17) is 11.6 Å². The molecule has 0 aliphatic carbocycles. The molecule has 5 nitrogen and oxygen atoms in total. The summed E-state index contributed by atoms with van der Waals surface area (Å²) in [5.41, 5.74) is 1.51. The molecular weight excluding hydrogens is 319 g/mol. The number of pyridine rings is 1. The van der Waals surface area contributed by atoms with Crippen LogP contribution in [0.5, 0.6) is 0 Å². The molecule has 1 amide bonds. The van der Waals surface area contributed by atoms with Gasteiger partial charge in [0.15, 0.2) is 0 Å². The van der Waals surface area contributed by atoms with E-state index >= 15 is 0 Å². The normalized spacial score (nSPS) is 10.3. The lowest BCUT2D eigenvalue weighted by molar-refractivity contribution is 0.102. The number of carbonyl (C=O) groups is 1. The quantitative estimate of drug-likeness (QED) is 0.746. The van der Waals surface area contributed by atoms with Crippen molar-refractivity contribution in [3.8, 4) is 11.1 Å². The molecule has 1 N–H and O–H groups in total. The van der Waals surface area contributed by atoms with E-state index in [-0.39, 0.29) is 16.8 Å². The number of aromatic nitrogens is 3. The summed E-state index contributed by atoms with van der Waals surface area (Å²) in [4.78, 5) is 23.7. The van der Waals surface area contributed by atoms with Gasteiger partial charge in [0.1, 0.15) is 11.5 Å². The third-order valence-corrected chi connectivity index (χ3v) is 3.22. The van der Waals surface area contributed by atoms with Crippen molar-refractivity contribution >= 4 is 23.2 Å². The lowest BCUT2D eigenvalue weighted by Gasteiger charge is -2.07. The zero-order chi connectivity index (χ0) is 16.2. The molecule has 7 heteroatoms. The Hall–Kier alpha value is -2.86. The first-order valence-corrected chi connectivity index (χ1v) is 7.01. The van der Waals surface area contributed by atoms with Crippen molar-refractivity contribution < 1.29 is 9.18 Å². The molecule has 0 atom stereocenters. The van der Waals surface area contributed by atoms with E-state index in [2.05, 4.69) is 20.3 Å². The standard InChI is InChI=1S/C16H10ClFN4O/c17-16-20-6-5-14(22-16)15(23)21-11-7-10(8-19-9-11)12-3-1-2-4-13(12)18/h1-9H,(H,21,23). The summed E-state index contributed by atoms with van der Waals surface area (Å²) >= 11 is 5.66. The van der Waals surface area contributed by atoms with Gasteiger partial charge in [-0.3, -0.25) is 9.78 Å². The summed E-state index contributed by atoms with van der Waals surface area (Å²) in [5.74, 6) is -0.817. The highest BCUT2D eigenvalue weighted by Crippen LogP contribution is 2.24. The molecular formula is C16H10ClFN4O. The maximum absolute atomic E-state index is 13.8. The Morgan fingerprint density at radius 3 is 2.78 bits per heavy atom. The number of benzene rings is 1. The number of halogens is 2. The first-order valence-electron chi connectivity index (χ1n) is 6.63. The largest absolute Gasteiger partial charge is 0.319 e. The van der Waals surface area contributed by atoms with Crippen molar-refractivity contribution in [2.75, 3.05) is 5.32 Å². The Morgan fingerprint density at radius 2 is 2.00 bits per heavy atom. The van der Waals surface area contributed by atoms with Gasteiger partial charge in [-0.25, -0.2) is 14.4 Å².